The van der Waals surface area contributed by atoms with E-state index in [1.807, 2.05) is 0 Å². The topological polar surface area (TPSA) is 17.1 Å². The summed E-state index contributed by atoms with van der Waals surface area (Å²) in [7, 11) is 0. The molecule has 1 aromatic rings. The molecule has 1 aromatic carbocycles. The van der Waals surface area contributed by atoms with Gasteiger partial charge in [0.25, 0.3) is 0 Å². The first kappa shape index (κ1) is 10.3. The lowest BCUT2D eigenvalue weighted by Crippen LogP contribution is -1.93. The molecule has 1 nitrogen and oxygen atoms in total. The van der Waals surface area contributed by atoms with Gasteiger partial charge < -0.3 is 4.79 Å². The summed E-state index contributed by atoms with van der Waals surface area (Å²) in [6, 6.07) is 1.80. The van der Waals surface area contributed by atoms with Crippen LogP contribution in [0.15, 0.2) is 12.1 Å². The molecular weight excluding hydrogens is 193 g/mol. The number of rotatable bonds is 1. The Morgan fingerprint density at radius 3 is 2.57 bits per heavy atom. The summed E-state index contributed by atoms with van der Waals surface area (Å²) in [5.41, 5.74) is -0.259. The average molecular weight is 198 g/mol. The SMILES string of the molecule is O=CCC#Cc1ccc(F)c(F)c1F. The zero-order valence-corrected chi connectivity index (χ0v) is 6.98. The third kappa shape index (κ3) is 2.13. The fraction of sp³-hybridized carbons (Fsp3) is 0.100. The van der Waals surface area contributed by atoms with E-state index in [0.717, 1.165) is 12.1 Å². The maximum Gasteiger partial charge on any atom is 0.195 e. The van der Waals surface area contributed by atoms with Gasteiger partial charge in [-0.05, 0) is 12.1 Å². The average Bonchev–Trinajstić information content (AvgIpc) is 2.18. The lowest BCUT2D eigenvalue weighted by molar-refractivity contribution is -0.107. The van der Waals surface area contributed by atoms with Crippen molar-refractivity contribution in [2.75, 3.05) is 0 Å². The monoisotopic (exact) mass is 198 g/mol. The minimum absolute atomic E-state index is 0.0710. The quantitative estimate of drug-likeness (QED) is 0.383. The number of carbonyl (C=O) groups is 1. The molecule has 14 heavy (non-hydrogen) atoms. The van der Waals surface area contributed by atoms with Crippen LogP contribution in [0.2, 0.25) is 0 Å². The molecule has 4 heteroatoms. The molecule has 72 valence electrons. The molecule has 0 fully saturated rings. The predicted octanol–water partition coefficient (Wildman–Crippen LogP) is 2.04. The van der Waals surface area contributed by atoms with Crippen LogP contribution < -0.4 is 0 Å². The zero-order valence-electron chi connectivity index (χ0n) is 6.98. The van der Waals surface area contributed by atoms with Crippen molar-refractivity contribution in [1.82, 2.24) is 0 Å². The van der Waals surface area contributed by atoms with Crippen LogP contribution in [0.25, 0.3) is 0 Å². The molecule has 0 heterocycles. The molecule has 0 aromatic heterocycles. The first-order chi connectivity index (χ1) is 6.66. The van der Waals surface area contributed by atoms with E-state index < -0.39 is 17.5 Å². The molecule has 0 unspecified atom stereocenters. The smallest absolute Gasteiger partial charge is 0.195 e. The summed E-state index contributed by atoms with van der Waals surface area (Å²) in [6.45, 7) is 0. The van der Waals surface area contributed by atoms with E-state index in [-0.39, 0.29) is 12.0 Å². The Labute approximate surface area is 78.5 Å². The molecule has 0 N–H and O–H groups in total. The second-order valence-corrected chi connectivity index (χ2v) is 2.40. The van der Waals surface area contributed by atoms with E-state index in [0.29, 0.717) is 6.29 Å². The van der Waals surface area contributed by atoms with Gasteiger partial charge >= 0.3 is 0 Å². The Morgan fingerprint density at radius 1 is 1.21 bits per heavy atom. The van der Waals surface area contributed by atoms with Crippen molar-refractivity contribution >= 4 is 6.29 Å². The molecule has 0 aliphatic rings. The molecule has 0 atom stereocenters. The van der Waals surface area contributed by atoms with Gasteiger partial charge in [0.15, 0.2) is 17.5 Å². The van der Waals surface area contributed by atoms with Gasteiger partial charge in [-0.25, -0.2) is 13.2 Å². The summed E-state index contributed by atoms with van der Waals surface area (Å²) in [5, 5.41) is 0. The summed E-state index contributed by atoms with van der Waals surface area (Å²) in [6.07, 6.45) is 0.462. The Bertz CT molecular complexity index is 415. The fourth-order valence-electron chi connectivity index (χ4n) is 0.810. The maximum absolute atomic E-state index is 12.9. The maximum atomic E-state index is 12.9. The Balaban J connectivity index is 3.07. The van der Waals surface area contributed by atoms with Crippen molar-refractivity contribution in [3.8, 4) is 11.8 Å². The third-order valence-electron chi connectivity index (χ3n) is 1.44. The van der Waals surface area contributed by atoms with Gasteiger partial charge in [-0.1, -0.05) is 11.8 Å². The largest absolute Gasteiger partial charge is 0.302 e. The minimum Gasteiger partial charge on any atom is -0.302 e. The molecule has 0 saturated carbocycles. The van der Waals surface area contributed by atoms with Crippen LogP contribution in [0, 0.1) is 29.3 Å². The van der Waals surface area contributed by atoms with E-state index in [9.17, 15) is 18.0 Å². The highest BCUT2D eigenvalue weighted by Gasteiger charge is 2.11. The lowest BCUT2D eigenvalue weighted by atomic mass is 10.2. The van der Waals surface area contributed by atoms with E-state index in [2.05, 4.69) is 11.8 Å². The van der Waals surface area contributed by atoms with Gasteiger partial charge in [-0.3, -0.25) is 0 Å². The standard InChI is InChI=1S/C10H5F3O/c11-8-5-4-7(3-1-2-6-14)9(12)10(8)13/h4-6H,2H2. The van der Waals surface area contributed by atoms with Crippen molar-refractivity contribution in [2.45, 2.75) is 6.42 Å². The molecule has 0 radical (unpaired) electrons. The molecule has 0 amide bonds. The normalized spacial score (nSPS) is 9.07. The van der Waals surface area contributed by atoms with Crippen molar-refractivity contribution < 1.29 is 18.0 Å². The molecule has 0 saturated heterocycles. The van der Waals surface area contributed by atoms with Crippen molar-refractivity contribution in [3.05, 3.63) is 35.1 Å². The van der Waals surface area contributed by atoms with E-state index >= 15 is 0 Å². The van der Waals surface area contributed by atoms with Gasteiger partial charge in [-0.15, -0.1) is 0 Å². The molecule has 0 aliphatic heterocycles. The van der Waals surface area contributed by atoms with Gasteiger partial charge in [0, 0.05) is 0 Å². The van der Waals surface area contributed by atoms with Gasteiger partial charge in [-0.2, -0.15) is 0 Å². The summed E-state index contributed by atoms with van der Waals surface area (Å²) in [5.74, 6) is 0.367. The summed E-state index contributed by atoms with van der Waals surface area (Å²) in [4.78, 5) is 9.87. The number of hydrogen-bond acceptors (Lipinski definition) is 1. The highest BCUT2D eigenvalue weighted by atomic mass is 19.2. The van der Waals surface area contributed by atoms with Crippen molar-refractivity contribution in [3.63, 3.8) is 0 Å². The zero-order chi connectivity index (χ0) is 10.6. The Kier molecular flexibility index (Phi) is 3.29. The highest BCUT2D eigenvalue weighted by Crippen LogP contribution is 2.13. The second kappa shape index (κ2) is 4.47. The number of carbonyl (C=O) groups excluding carboxylic acids is 1. The molecule has 0 spiro atoms. The molecule has 0 bridgehead atoms. The molecule has 1 rings (SSSR count). The predicted molar refractivity (Wildman–Crippen MR) is 43.9 cm³/mol. The minimum atomic E-state index is -1.55. The van der Waals surface area contributed by atoms with Crippen LogP contribution >= 0.6 is 0 Å². The van der Waals surface area contributed by atoms with Gasteiger partial charge in [0.1, 0.15) is 6.29 Å². The fourth-order valence-corrected chi connectivity index (χ4v) is 0.810. The van der Waals surface area contributed by atoms with Crippen LogP contribution in [0.5, 0.6) is 0 Å². The van der Waals surface area contributed by atoms with E-state index in [1.165, 1.54) is 0 Å². The number of benzene rings is 1. The third-order valence-corrected chi connectivity index (χ3v) is 1.44. The molecular formula is C10H5F3O. The summed E-state index contributed by atoms with van der Waals surface area (Å²) >= 11 is 0. The first-order valence-electron chi connectivity index (χ1n) is 3.73. The van der Waals surface area contributed by atoms with Crippen LogP contribution in [0.1, 0.15) is 12.0 Å². The molecule has 0 aliphatic carbocycles. The van der Waals surface area contributed by atoms with Crippen LogP contribution in [-0.4, -0.2) is 6.29 Å². The highest BCUT2D eigenvalue weighted by molar-refractivity contribution is 5.55. The number of aldehydes is 1. The number of halogens is 3. The van der Waals surface area contributed by atoms with Crippen LogP contribution in [0.3, 0.4) is 0 Å². The van der Waals surface area contributed by atoms with Crippen LogP contribution in [-0.2, 0) is 4.79 Å². The number of hydrogen-bond donors (Lipinski definition) is 0. The van der Waals surface area contributed by atoms with E-state index in [4.69, 9.17) is 0 Å². The lowest BCUT2D eigenvalue weighted by Gasteiger charge is -1.96. The van der Waals surface area contributed by atoms with Crippen molar-refractivity contribution in [1.29, 1.82) is 0 Å². The van der Waals surface area contributed by atoms with Crippen LogP contribution in [0.4, 0.5) is 13.2 Å². The Hall–Kier alpha value is -1.76. The first-order valence-corrected chi connectivity index (χ1v) is 3.73. The summed E-state index contributed by atoms with van der Waals surface area (Å²) < 4.78 is 37.9. The Morgan fingerprint density at radius 2 is 1.93 bits per heavy atom. The van der Waals surface area contributed by atoms with Gasteiger partial charge in [0.2, 0.25) is 0 Å². The second-order valence-electron chi connectivity index (χ2n) is 2.40. The van der Waals surface area contributed by atoms with Gasteiger partial charge in [0.05, 0.1) is 12.0 Å². The van der Waals surface area contributed by atoms with E-state index in [1.54, 1.807) is 0 Å². The van der Waals surface area contributed by atoms with Crippen molar-refractivity contribution in [2.24, 2.45) is 0 Å².